The molecule has 2 aromatic carbocycles. The summed E-state index contributed by atoms with van der Waals surface area (Å²) in [5.41, 5.74) is 2.36. The van der Waals surface area contributed by atoms with Gasteiger partial charge in [-0.3, -0.25) is 4.79 Å². The summed E-state index contributed by atoms with van der Waals surface area (Å²) in [5, 5.41) is 0. The van der Waals surface area contributed by atoms with E-state index in [0.29, 0.717) is 17.8 Å². The van der Waals surface area contributed by atoms with Crippen LogP contribution < -0.4 is 10.3 Å². The standard InChI is InChI=1S/C18H16N2O2/c1-22-15-9-7-14(8-10-15)16-12-19-17(20-18(16)21)11-13-5-3-2-4-6-13/h2-10,12H,11H2,1H3,(H,19,20,21). The van der Waals surface area contributed by atoms with Crippen molar-refractivity contribution >= 4 is 0 Å². The van der Waals surface area contributed by atoms with Crippen molar-refractivity contribution in [2.75, 3.05) is 7.11 Å². The highest BCUT2D eigenvalue weighted by Gasteiger charge is 2.06. The maximum absolute atomic E-state index is 12.3. The number of hydrogen-bond donors (Lipinski definition) is 1. The van der Waals surface area contributed by atoms with Crippen LogP contribution in [0, 0.1) is 0 Å². The molecule has 0 saturated heterocycles. The monoisotopic (exact) mass is 292 g/mol. The first-order valence-electron chi connectivity index (χ1n) is 7.03. The molecule has 4 nitrogen and oxygen atoms in total. The second kappa shape index (κ2) is 6.26. The van der Waals surface area contributed by atoms with Crippen LogP contribution in [0.2, 0.25) is 0 Å². The van der Waals surface area contributed by atoms with Crippen LogP contribution in [-0.4, -0.2) is 17.1 Å². The number of rotatable bonds is 4. The highest BCUT2D eigenvalue weighted by molar-refractivity contribution is 5.62. The third kappa shape index (κ3) is 3.06. The van der Waals surface area contributed by atoms with Gasteiger partial charge in [0.05, 0.1) is 12.7 Å². The summed E-state index contributed by atoms with van der Waals surface area (Å²) in [7, 11) is 1.61. The Kier molecular flexibility index (Phi) is 4.01. The first kappa shape index (κ1) is 14.1. The molecule has 1 heterocycles. The van der Waals surface area contributed by atoms with Crippen molar-refractivity contribution in [1.29, 1.82) is 0 Å². The van der Waals surface area contributed by atoms with Gasteiger partial charge in [-0.15, -0.1) is 0 Å². The van der Waals surface area contributed by atoms with Gasteiger partial charge in [0.25, 0.3) is 5.56 Å². The number of aromatic amines is 1. The molecule has 3 rings (SSSR count). The quantitative estimate of drug-likeness (QED) is 0.804. The largest absolute Gasteiger partial charge is 0.497 e. The Morgan fingerprint density at radius 2 is 1.77 bits per heavy atom. The van der Waals surface area contributed by atoms with Gasteiger partial charge in [0.15, 0.2) is 0 Å². The average Bonchev–Trinajstić information content (AvgIpc) is 2.56. The maximum atomic E-state index is 12.3. The predicted molar refractivity (Wildman–Crippen MR) is 86.1 cm³/mol. The van der Waals surface area contributed by atoms with Crippen LogP contribution >= 0.6 is 0 Å². The molecule has 1 N–H and O–H groups in total. The van der Waals surface area contributed by atoms with Gasteiger partial charge in [-0.1, -0.05) is 42.5 Å². The molecule has 0 aliphatic carbocycles. The highest BCUT2D eigenvalue weighted by Crippen LogP contribution is 2.18. The van der Waals surface area contributed by atoms with Crippen molar-refractivity contribution < 1.29 is 4.74 Å². The van der Waals surface area contributed by atoms with Crippen molar-refractivity contribution in [3.8, 4) is 16.9 Å². The van der Waals surface area contributed by atoms with Crippen LogP contribution in [0.25, 0.3) is 11.1 Å². The molecule has 0 unspecified atom stereocenters. The number of ether oxygens (including phenoxy) is 1. The molecule has 0 spiro atoms. The topological polar surface area (TPSA) is 55.0 Å². The molecule has 22 heavy (non-hydrogen) atoms. The Bertz CT molecular complexity index is 808. The molecule has 0 aliphatic rings. The fraction of sp³-hybridized carbons (Fsp3) is 0.111. The fourth-order valence-corrected chi connectivity index (χ4v) is 2.29. The molecule has 0 fully saturated rings. The average molecular weight is 292 g/mol. The third-order valence-electron chi connectivity index (χ3n) is 3.47. The molecule has 0 amide bonds. The van der Waals surface area contributed by atoms with E-state index >= 15 is 0 Å². The second-order valence-electron chi connectivity index (χ2n) is 4.96. The number of hydrogen-bond acceptors (Lipinski definition) is 3. The molecule has 1 aromatic heterocycles. The SMILES string of the molecule is COc1ccc(-c2cnc(Cc3ccccc3)[nH]c2=O)cc1. The van der Waals surface area contributed by atoms with Gasteiger partial charge in [-0.25, -0.2) is 4.98 Å². The van der Waals surface area contributed by atoms with E-state index in [-0.39, 0.29) is 5.56 Å². The number of aromatic nitrogens is 2. The Hall–Kier alpha value is -2.88. The summed E-state index contributed by atoms with van der Waals surface area (Å²) in [5.74, 6) is 1.42. The van der Waals surface area contributed by atoms with E-state index in [4.69, 9.17) is 4.74 Å². The molecular weight excluding hydrogens is 276 g/mol. The first-order valence-corrected chi connectivity index (χ1v) is 7.03. The van der Waals surface area contributed by atoms with Crippen molar-refractivity contribution in [3.63, 3.8) is 0 Å². The molecule has 0 bridgehead atoms. The van der Waals surface area contributed by atoms with Gasteiger partial charge >= 0.3 is 0 Å². The van der Waals surface area contributed by atoms with E-state index in [2.05, 4.69) is 9.97 Å². The third-order valence-corrected chi connectivity index (χ3v) is 3.47. The van der Waals surface area contributed by atoms with Gasteiger partial charge in [-0.2, -0.15) is 0 Å². The lowest BCUT2D eigenvalue weighted by atomic mass is 10.1. The van der Waals surface area contributed by atoms with Crippen LogP contribution in [-0.2, 0) is 6.42 Å². The summed E-state index contributed by atoms with van der Waals surface area (Å²) in [4.78, 5) is 19.5. The Balaban J connectivity index is 1.87. The summed E-state index contributed by atoms with van der Waals surface area (Å²) in [6.45, 7) is 0. The zero-order chi connectivity index (χ0) is 15.4. The highest BCUT2D eigenvalue weighted by atomic mass is 16.5. The van der Waals surface area contributed by atoms with E-state index in [1.807, 2.05) is 54.6 Å². The first-order chi connectivity index (χ1) is 10.8. The van der Waals surface area contributed by atoms with Crippen molar-refractivity contribution in [3.05, 3.63) is 82.5 Å². The normalized spacial score (nSPS) is 10.4. The lowest BCUT2D eigenvalue weighted by molar-refractivity contribution is 0.415. The van der Waals surface area contributed by atoms with Crippen molar-refractivity contribution in [2.24, 2.45) is 0 Å². The molecule has 4 heteroatoms. The predicted octanol–water partition coefficient (Wildman–Crippen LogP) is 3.04. The number of H-pyrrole nitrogens is 1. The second-order valence-corrected chi connectivity index (χ2v) is 4.96. The summed E-state index contributed by atoms with van der Waals surface area (Å²) >= 11 is 0. The zero-order valence-corrected chi connectivity index (χ0v) is 12.2. The van der Waals surface area contributed by atoms with Crippen LogP contribution in [0.1, 0.15) is 11.4 Å². The number of nitrogens with zero attached hydrogens (tertiary/aromatic N) is 1. The maximum Gasteiger partial charge on any atom is 0.258 e. The molecular formula is C18H16N2O2. The minimum Gasteiger partial charge on any atom is -0.497 e. The van der Waals surface area contributed by atoms with Gasteiger partial charge in [0.1, 0.15) is 11.6 Å². The zero-order valence-electron chi connectivity index (χ0n) is 12.2. The summed E-state index contributed by atoms with van der Waals surface area (Å²) < 4.78 is 5.12. The number of nitrogens with one attached hydrogen (secondary N) is 1. The Labute approximate surface area is 128 Å². The lowest BCUT2D eigenvalue weighted by Crippen LogP contribution is -2.13. The van der Waals surface area contributed by atoms with Crippen molar-refractivity contribution in [1.82, 2.24) is 9.97 Å². The van der Waals surface area contributed by atoms with Crippen LogP contribution in [0.15, 0.2) is 65.6 Å². The molecule has 0 saturated carbocycles. The summed E-state index contributed by atoms with van der Waals surface area (Å²) in [6, 6.07) is 17.3. The van der Waals surface area contributed by atoms with Crippen LogP contribution in [0.3, 0.4) is 0 Å². The molecule has 0 atom stereocenters. The Morgan fingerprint density at radius 1 is 1.05 bits per heavy atom. The van der Waals surface area contributed by atoms with E-state index in [1.165, 1.54) is 0 Å². The Morgan fingerprint density at radius 3 is 2.41 bits per heavy atom. The fourth-order valence-electron chi connectivity index (χ4n) is 2.29. The van der Waals surface area contributed by atoms with Gasteiger partial charge in [-0.05, 0) is 23.3 Å². The van der Waals surface area contributed by atoms with E-state index in [0.717, 1.165) is 16.9 Å². The molecule has 0 radical (unpaired) electrons. The lowest BCUT2D eigenvalue weighted by Gasteiger charge is -2.05. The number of methoxy groups -OCH3 is 1. The molecule has 0 aliphatic heterocycles. The van der Waals surface area contributed by atoms with E-state index < -0.39 is 0 Å². The van der Waals surface area contributed by atoms with E-state index in [1.54, 1.807) is 13.3 Å². The van der Waals surface area contributed by atoms with Crippen LogP contribution in [0.5, 0.6) is 5.75 Å². The minimum atomic E-state index is -0.133. The van der Waals surface area contributed by atoms with Crippen LogP contribution in [0.4, 0.5) is 0 Å². The van der Waals surface area contributed by atoms with Gasteiger partial charge < -0.3 is 9.72 Å². The van der Waals surface area contributed by atoms with E-state index in [9.17, 15) is 4.79 Å². The smallest absolute Gasteiger partial charge is 0.258 e. The van der Waals surface area contributed by atoms with Gasteiger partial charge in [0.2, 0.25) is 0 Å². The molecule has 3 aromatic rings. The summed E-state index contributed by atoms with van der Waals surface area (Å²) in [6.07, 6.45) is 2.23. The van der Waals surface area contributed by atoms with Gasteiger partial charge in [0, 0.05) is 12.6 Å². The molecule has 110 valence electrons. The van der Waals surface area contributed by atoms with Crippen molar-refractivity contribution in [2.45, 2.75) is 6.42 Å². The number of benzene rings is 2. The minimum absolute atomic E-state index is 0.133.